The van der Waals surface area contributed by atoms with Crippen LogP contribution in [0.5, 0.6) is 0 Å². The van der Waals surface area contributed by atoms with E-state index in [1.165, 1.54) is 173 Å². The molecule has 0 aromatic heterocycles. The van der Waals surface area contributed by atoms with E-state index in [9.17, 15) is 24.6 Å². The van der Waals surface area contributed by atoms with Gasteiger partial charge < -0.3 is 15.1 Å². The Bertz CT molecular complexity index is 1510. The lowest BCUT2D eigenvalue weighted by molar-refractivity contribution is -0.154. The molecule has 4 aliphatic rings. The van der Waals surface area contributed by atoms with E-state index in [4.69, 9.17) is 0 Å². The van der Waals surface area contributed by atoms with Gasteiger partial charge in [-0.25, -0.2) is 4.79 Å². The average Bonchev–Trinajstić information content (AvgIpc) is 3.69. The maximum Gasteiger partial charge on any atom is 0.326 e. The van der Waals surface area contributed by atoms with E-state index >= 15 is 0 Å². The van der Waals surface area contributed by atoms with E-state index in [0.717, 1.165) is 105 Å². The highest BCUT2D eigenvalue weighted by atomic mass is 16.4. The fourth-order valence-electron chi connectivity index (χ4n) is 16.0. The molecule has 2 N–H and O–H groups in total. The summed E-state index contributed by atoms with van der Waals surface area (Å²) in [6.45, 7) is 19.7. The minimum Gasteiger partial charge on any atom is -0.481 e. The van der Waals surface area contributed by atoms with E-state index in [2.05, 4.69) is 61.5 Å². The molecule has 0 bridgehead atoms. The van der Waals surface area contributed by atoms with Gasteiger partial charge in [-0.05, 0) is 135 Å². The zero-order valence-corrected chi connectivity index (χ0v) is 47.5. The lowest BCUT2D eigenvalue weighted by Crippen LogP contribution is -2.51. The molecule has 0 aromatic carbocycles. The molecule has 3 saturated carbocycles. The second-order valence-corrected chi connectivity index (χ2v) is 25.5. The lowest BCUT2D eigenvalue weighted by atomic mass is 9.46. The van der Waals surface area contributed by atoms with Crippen LogP contribution in [0.2, 0.25) is 0 Å². The largest absolute Gasteiger partial charge is 0.481 e. The van der Waals surface area contributed by atoms with Gasteiger partial charge in [0.05, 0.1) is 0 Å². The van der Waals surface area contributed by atoms with Crippen molar-refractivity contribution in [2.45, 2.75) is 318 Å². The Kier molecular flexibility index (Phi) is 28.1. The number of nitrogens with zero attached hydrogens (tertiary/aromatic N) is 1. The van der Waals surface area contributed by atoms with Crippen molar-refractivity contribution in [3.8, 4) is 0 Å². The second kappa shape index (κ2) is 32.5. The SMILES string of the molecule is CCCCCCCCCCCC(=O)N(C(CCCCCCCCCCC)CCCCCC(CC)C1CC[C@@]2(C)C(=CCC3C2CC[C@@]2(C)C3CC[C@@H]2[C@H](C)CCCC(C)C)C1)[C@@H](CCC(=O)O)C(=O)O. The van der Waals surface area contributed by atoms with Gasteiger partial charge in [-0.3, -0.25) is 9.59 Å². The molecule has 0 saturated heterocycles. The van der Waals surface area contributed by atoms with Gasteiger partial charge in [-0.1, -0.05) is 228 Å². The van der Waals surface area contributed by atoms with E-state index in [1.54, 1.807) is 4.90 Å². The first kappa shape index (κ1) is 60.7. The van der Waals surface area contributed by atoms with Gasteiger partial charge >= 0.3 is 11.9 Å². The number of allylic oxidation sites excluding steroid dienone is 2. The first-order valence-corrected chi connectivity index (χ1v) is 31.2. The van der Waals surface area contributed by atoms with E-state index in [-0.39, 0.29) is 24.8 Å². The molecule has 6 heteroatoms. The predicted octanol–water partition coefficient (Wildman–Crippen LogP) is 19.0. The van der Waals surface area contributed by atoms with Crippen molar-refractivity contribution in [3.05, 3.63) is 11.6 Å². The maximum absolute atomic E-state index is 14.3. The molecule has 11 atom stereocenters. The topological polar surface area (TPSA) is 94.9 Å². The molecule has 1 amide bonds. The first-order valence-electron chi connectivity index (χ1n) is 31.2. The van der Waals surface area contributed by atoms with Gasteiger partial charge in [0.1, 0.15) is 6.04 Å². The van der Waals surface area contributed by atoms with Crippen LogP contribution in [-0.2, 0) is 14.4 Å². The number of carbonyl (C=O) groups is 3. The van der Waals surface area contributed by atoms with Gasteiger partial charge in [0.2, 0.25) is 5.91 Å². The third-order valence-corrected chi connectivity index (χ3v) is 20.2. The Hall–Kier alpha value is -1.85. The summed E-state index contributed by atoms with van der Waals surface area (Å²) in [5, 5.41) is 20.3. The van der Waals surface area contributed by atoms with Crippen LogP contribution in [0.15, 0.2) is 11.6 Å². The molecule has 0 radical (unpaired) electrons. The summed E-state index contributed by atoms with van der Waals surface area (Å²) in [5.41, 5.74) is 2.75. The molecule has 0 aromatic rings. The molecular weight excluding hydrogens is 863 g/mol. The van der Waals surface area contributed by atoms with Crippen molar-refractivity contribution >= 4 is 17.8 Å². The number of carboxylic acids is 2. The third kappa shape index (κ3) is 18.5. The quantitative estimate of drug-likeness (QED) is 0.0473. The number of carboxylic acid groups (broad SMARTS) is 2. The minimum absolute atomic E-state index is 0.0305. The lowest BCUT2D eigenvalue weighted by Gasteiger charge is -2.59. The molecule has 70 heavy (non-hydrogen) atoms. The number of fused-ring (bicyclic) bond motifs is 5. The minimum atomic E-state index is -1.09. The summed E-state index contributed by atoms with van der Waals surface area (Å²) in [6.07, 6.45) is 47.1. The molecule has 4 rings (SSSR count). The molecular formula is C64H115NO5. The number of hydrogen-bond donors (Lipinski definition) is 2. The van der Waals surface area contributed by atoms with Crippen LogP contribution >= 0.6 is 0 Å². The molecule has 0 heterocycles. The zero-order chi connectivity index (χ0) is 50.9. The summed E-state index contributed by atoms with van der Waals surface area (Å²) in [6, 6.07) is -1.24. The molecule has 406 valence electrons. The highest BCUT2D eigenvalue weighted by Crippen LogP contribution is 2.68. The van der Waals surface area contributed by atoms with Crippen LogP contribution in [0, 0.1) is 58.2 Å². The third-order valence-electron chi connectivity index (χ3n) is 20.2. The van der Waals surface area contributed by atoms with Gasteiger partial charge in [0, 0.05) is 18.9 Å². The van der Waals surface area contributed by atoms with E-state index < -0.39 is 18.0 Å². The summed E-state index contributed by atoms with van der Waals surface area (Å²) in [4.78, 5) is 40.8. The summed E-state index contributed by atoms with van der Waals surface area (Å²) < 4.78 is 0. The maximum atomic E-state index is 14.3. The van der Waals surface area contributed by atoms with Crippen molar-refractivity contribution < 1.29 is 24.6 Å². The first-order chi connectivity index (χ1) is 33.7. The monoisotopic (exact) mass is 978 g/mol. The van der Waals surface area contributed by atoms with Crippen LogP contribution in [-0.4, -0.2) is 45.0 Å². The highest BCUT2D eigenvalue weighted by molar-refractivity contribution is 5.84. The van der Waals surface area contributed by atoms with Crippen LogP contribution in [0.1, 0.15) is 306 Å². The second-order valence-electron chi connectivity index (χ2n) is 25.5. The standard InChI is InChI=1S/C64H115NO5/c1-9-12-14-16-18-20-22-24-28-35-54(65(59(62(69)70)42-43-61(67)68)60(66)37-30-25-23-21-19-17-15-13-10-2)36-29-26-27-34-51(11-3)52-44-46-63(7)53(48-52)38-39-55-57-41-40-56(50(6)33-31-32-49(4)5)64(57,8)47-45-58(55)63/h38,49-52,54-59H,9-37,39-48H2,1-8H3,(H,67,68)(H,69,70)/t50-,51?,52?,54?,55?,56-,57?,58?,59+,63+,64-/m1/s1. The molecule has 6 unspecified atom stereocenters. The molecule has 3 fully saturated rings. The smallest absolute Gasteiger partial charge is 0.326 e. The molecule has 6 nitrogen and oxygen atoms in total. The van der Waals surface area contributed by atoms with Crippen molar-refractivity contribution in [2.75, 3.05) is 0 Å². The Labute approximate surface area is 433 Å². The van der Waals surface area contributed by atoms with Gasteiger partial charge in [-0.2, -0.15) is 0 Å². The fourth-order valence-corrected chi connectivity index (χ4v) is 16.0. The Morgan fingerprint density at radius 2 is 1.19 bits per heavy atom. The summed E-state index contributed by atoms with van der Waals surface area (Å²) in [5.74, 6) is 4.65. The van der Waals surface area contributed by atoms with Crippen molar-refractivity contribution in [3.63, 3.8) is 0 Å². The van der Waals surface area contributed by atoms with Gasteiger partial charge in [0.15, 0.2) is 0 Å². The van der Waals surface area contributed by atoms with Crippen LogP contribution < -0.4 is 0 Å². The Morgan fingerprint density at radius 1 is 0.614 bits per heavy atom. The van der Waals surface area contributed by atoms with Crippen molar-refractivity contribution in [1.82, 2.24) is 4.90 Å². The molecule has 4 aliphatic carbocycles. The summed E-state index contributed by atoms with van der Waals surface area (Å²) >= 11 is 0. The van der Waals surface area contributed by atoms with Crippen LogP contribution in [0.25, 0.3) is 0 Å². The molecule has 0 aliphatic heterocycles. The highest BCUT2D eigenvalue weighted by Gasteiger charge is 2.59. The number of unbranched alkanes of at least 4 members (excludes halogenated alkanes) is 18. The average molecular weight is 979 g/mol. The van der Waals surface area contributed by atoms with Crippen LogP contribution in [0.3, 0.4) is 0 Å². The van der Waals surface area contributed by atoms with Crippen molar-refractivity contribution in [1.29, 1.82) is 0 Å². The normalized spacial score (nSPS) is 27.0. The van der Waals surface area contributed by atoms with E-state index in [1.807, 2.05) is 5.57 Å². The predicted molar refractivity (Wildman–Crippen MR) is 296 cm³/mol. The van der Waals surface area contributed by atoms with E-state index in [0.29, 0.717) is 17.3 Å². The zero-order valence-electron chi connectivity index (χ0n) is 47.5. The summed E-state index contributed by atoms with van der Waals surface area (Å²) in [7, 11) is 0. The van der Waals surface area contributed by atoms with Crippen LogP contribution in [0.4, 0.5) is 0 Å². The Balaban J connectivity index is 1.35. The van der Waals surface area contributed by atoms with Gasteiger partial charge in [0.25, 0.3) is 0 Å². The number of hydrogen-bond acceptors (Lipinski definition) is 3. The number of aliphatic carboxylic acids is 2. The number of carbonyl (C=O) groups excluding carboxylic acids is 1. The number of amides is 1. The Morgan fingerprint density at radius 3 is 1.76 bits per heavy atom. The van der Waals surface area contributed by atoms with Crippen molar-refractivity contribution in [2.24, 2.45) is 58.2 Å². The fraction of sp³-hybridized carbons (Fsp3) is 0.922. The van der Waals surface area contributed by atoms with Gasteiger partial charge in [-0.15, -0.1) is 0 Å². The number of rotatable bonds is 39. The molecule has 0 spiro atoms.